The lowest BCUT2D eigenvalue weighted by atomic mass is 10.0. The Bertz CT molecular complexity index is 1030. The number of pyridine rings is 1. The van der Waals surface area contributed by atoms with Crippen LogP contribution in [-0.2, 0) is 6.54 Å². The van der Waals surface area contributed by atoms with Crippen molar-refractivity contribution in [1.82, 2.24) is 4.57 Å². The van der Waals surface area contributed by atoms with Crippen molar-refractivity contribution in [1.29, 1.82) is 0 Å². The topological polar surface area (TPSA) is 8.81 Å². The van der Waals surface area contributed by atoms with E-state index in [0.29, 0.717) is 0 Å². The van der Waals surface area contributed by atoms with Crippen LogP contribution >= 0.6 is 0 Å². The molecule has 0 N–H and O–H groups in total. The molecule has 1 aliphatic heterocycles. The van der Waals surface area contributed by atoms with E-state index in [0.717, 1.165) is 6.54 Å². The Labute approximate surface area is 164 Å². The second kappa shape index (κ2) is 9.36. The van der Waals surface area contributed by atoms with Crippen molar-refractivity contribution in [3.63, 3.8) is 0 Å². The van der Waals surface area contributed by atoms with Crippen LogP contribution in [0.15, 0.2) is 60.8 Å². The molecule has 2 aromatic heterocycles. The molecule has 1 aliphatic rings. The van der Waals surface area contributed by atoms with E-state index in [9.17, 15) is 0 Å². The highest BCUT2D eigenvalue weighted by Crippen LogP contribution is 2.36. The van der Waals surface area contributed by atoms with Gasteiger partial charge in [0, 0.05) is 22.4 Å². The number of rotatable bonds is 0. The van der Waals surface area contributed by atoms with Gasteiger partial charge in [-0.25, -0.2) is 4.57 Å². The maximum absolute atomic E-state index is 2.41. The zero-order valence-corrected chi connectivity index (χ0v) is 17.9. The summed E-state index contributed by atoms with van der Waals surface area (Å²) in [5, 5.41) is 2.70. The minimum absolute atomic E-state index is 0.954. The van der Waals surface area contributed by atoms with Gasteiger partial charge in [-0.1, -0.05) is 65.8 Å². The van der Waals surface area contributed by atoms with Crippen molar-refractivity contribution in [2.75, 3.05) is 0 Å². The molecule has 2 nitrogen and oxygen atoms in total. The monoisotopic (exact) mass is 361 g/mol. The number of hydrogen-bond acceptors (Lipinski definition) is 0. The highest BCUT2D eigenvalue weighted by molar-refractivity contribution is 6.10. The van der Waals surface area contributed by atoms with Crippen molar-refractivity contribution in [2.24, 2.45) is 0 Å². The summed E-state index contributed by atoms with van der Waals surface area (Å²) in [4.78, 5) is 0. The zero-order chi connectivity index (χ0) is 20.0. The predicted octanol–water partition coefficient (Wildman–Crippen LogP) is 6.82. The average molecular weight is 362 g/mol. The third-order valence-corrected chi connectivity index (χ3v) is 4.65. The average Bonchev–Trinajstić information content (AvgIpc) is 3.11. The number of aromatic nitrogens is 2. The summed E-state index contributed by atoms with van der Waals surface area (Å²) in [5.74, 6) is 1.25. The molecule has 0 saturated heterocycles. The maximum Gasteiger partial charge on any atom is 0.287 e. The van der Waals surface area contributed by atoms with E-state index in [-0.39, 0.29) is 0 Å². The fourth-order valence-electron chi connectivity index (χ4n) is 3.64. The normalized spacial score (nSPS) is 10.6. The van der Waals surface area contributed by atoms with Gasteiger partial charge in [0.1, 0.15) is 17.6 Å². The zero-order valence-electron chi connectivity index (χ0n) is 17.9. The summed E-state index contributed by atoms with van der Waals surface area (Å²) in [7, 11) is 0. The Kier molecular flexibility index (Phi) is 7.18. The van der Waals surface area contributed by atoms with Gasteiger partial charge in [-0.15, -0.1) is 0 Å². The van der Waals surface area contributed by atoms with E-state index in [1.54, 1.807) is 0 Å². The minimum Gasteiger partial charge on any atom is -0.229 e. The molecule has 2 aromatic carbocycles. The lowest BCUT2D eigenvalue weighted by Crippen LogP contribution is -2.41. The van der Waals surface area contributed by atoms with E-state index in [1.807, 2.05) is 41.5 Å². The fourth-order valence-corrected chi connectivity index (χ4v) is 3.64. The van der Waals surface area contributed by atoms with Crippen LogP contribution < -0.4 is 4.57 Å². The van der Waals surface area contributed by atoms with Crippen LogP contribution in [0.4, 0.5) is 0 Å². The molecule has 3 heterocycles. The van der Waals surface area contributed by atoms with Gasteiger partial charge in [-0.05, 0) is 36.8 Å². The van der Waals surface area contributed by atoms with Crippen LogP contribution in [0.2, 0.25) is 0 Å². The van der Waals surface area contributed by atoms with Gasteiger partial charge >= 0.3 is 0 Å². The van der Waals surface area contributed by atoms with Gasteiger partial charge in [0.15, 0.2) is 0 Å². The highest BCUT2D eigenvalue weighted by atomic mass is 15.2. The molecule has 0 amide bonds. The summed E-state index contributed by atoms with van der Waals surface area (Å²) < 4.78 is 4.75. The van der Waals surface area contributed by atoms with Crippen molar-refractivity contribution >= 4 is 21.8 Å². The van der Waals surface area contributed by atoms with E-state index in [4.69, 9.17) is 0 Å². The number of hydrogen-bond donors (Lipinski definition) is 0. The van der Waals surface area contributed by atoms with Crippen molar-refractivity contribution in [3.05, 3.63) is 71.9 Å². The minimum atomic E-state index is 0.954. The van der Waals surface area contributed by atoms with Crippen LogP contribution in [0.3, 0.4) is 0 Å². The van der Waals surface area contributed by atoms with Crippen molar-refractivity contribution < 1.29 is 4.57 Å². The first-order valence-electron chi connectivity index (χ1n) is 10.3. The summed E-state index contributed by atoms with van der Waals surface area (Å²) in [6, 6.07) is 19.7. The van der Waals surface area contributed by atoms with Crippen LogP contribution in [0, 0.1) is 6.92 Å². The molecule has 142 valence electrons. The summed E-state index contributed by atoms with van der Waals surface area (Å²) in [6.07, 6.45) is 2.17. The molecule has 5 rings (SSSR count). The van der Waals surface area contributed by atoms with Gasteiger partial charge in [0.25, 0.3) is 5.82 Å². The molecule has 0 bridgehead atoms. The van der Waals surface area contributed by atoms with Crippen LogP contribution in [0.25, 0.3) is 27.6 Å². The van der Waals surface area contributed by atoms with Gasteiger partial charge in [0.2, 0.25) is 0 Å². The highest BCUT2D eigenvalue weighted by Gasteiger charge is 2.29. The summed E-state index contributed by atoms with van der Waals surface area (Å²) >= 11 is 0. The first kappa shape index (κ1) is 20.7. The number of benzene rings is 2. The molecule has 0 fully saturated rings. The van der Waals surface area contributed by atoms with Crippen LogP contribution in [0.1, 0.15) is 52.7 Å². The Hall–Kier alpha value is -2.61. The van der Waals surface area contributed by atoms with E-state index in [2.05, 4.69) is 76.9 Å². The first-order chi connectivity index (χ1) is 13.3. The Morgan fingerprint density at radius 1 is 0.741 bits per heavy atom. The number of para-hydroxylation sites is 1. The van der Waals surface area contributed by atoms with Gasteiger partial charge < -0.3 is 0 Å². The molecule has 0 unspecified atom stereocenters. The molecular weight excluding hydrogens is 328 g/mol. The lowest BCUT2D eigenvalue weighted by molar-refractivity contribution is -0.683. The second-order valence-corrected chi connectivity index (χ2v) is 5.80. The molecular formula is C25H33N2+. The third kappa shape index (κ3) is 3.37. The quantitative estimate of drug-likeness (QED) is 0.268. The molecule has 2 heteroatoms. The molecule has 0 atom stereocenters. The second-order valence-electron chi connectivity index (χ2n) is 5.80. The molecule has 0 radical (unpaired) electrons. The van der Waals surface area contributed by atoms with Gasteiger partial charge in [0.05, 0.1) is 6.20 Å². The predicted molar refractivity (Wildman–Crippen MR) is 119 cm³/mol. The molecule has 4 aromatic rings. The van der Waals surface area contributed by atoms with Gasteiger partial charge in [-0.3, -0.25) is 0 Å². The molecule has 27 heavy (non-hydrogen) atoms. The molecule has 0 spiro atoms. The standard InChI is InChI=1S/C19H15N2.3C2H6/c1-13-9-10-15-14-6-2-3-7-17(14)21-18-8-4-5-11-20(18)12-16(13)19(15)21;3*1-2/h2-11H,12H2,1H3;3*1-2H3/q+1;;;. The van der Waals surface area contributed by atoms with Crippen molar-refractivity contribution in [2.45, 2.75) is 55.0 Å². The van der Waals surface area contributed by atoms with E-state index in [1.165, 1.54) is 38.8 Å². The Morgan fingerprint density at radius 3 is 2.15 bits per heavy atom. The van der Waals surface area contributed by atoms with Crippen LogP contribution in [-0.4, -0.2) is 4.57 Å². The van der Waals surface area contributed by atoms with E-state index >= 15 is 0 Å². The lowest BCUT2D eigenvalue weighted by Gasteiger charge is -2.15. The Morgan fingerprint density at radius 2 is 1.41 bits per heavy atom. The van der Waals surface area contributed by atoms with Crippen LogP contribution in [0.5, 0.6) is 0 Å². The molecule has 0 saturated carbocycles. The number of aryl methyl sites for hydroxylation is 1. The Balaban J connectivity index is 0.000000400. The van der Waals surface area contributed by atoms with E-state index < -0.39 is 0 Å². The maximum atomic E-state index is 2.41. The third-order valence-electron chi connectivity index (χ3n) is 4.65. The summed E-state index contributed by atoms with van der Waals surface area (Å²) in [5.41, 5.74) is 5.47. The summed E-state index contributed by atoms with van der Waals surface area (Å²) in [6.45, 7) is 15.2. The fraction of sp³-hybridized carbons (Fsp3) is 0.320. The van der Waals surface area contributed by atoms with Crippen molar-refractivity contribution in [3.8, 4) is 5.82 Å². The smallest absolute Gasteiger partial charge is 0.229 e. The van der Waals surface area contributed by atoms with Gasteiger partial charge in [-0.2, -0.15) is 4.57 Å². The first-order valence-corrected chi connectivity index (χ1v) is 10.3. The SMILES string of the molecule is CC.CC.CC.Cc1ccc2c3ccccc3n3c2c1C[n+]1ccccc1-3. The largest absolute Gasteiger partial charge is 0.287 e. The molecule has 0 aliphatic carbocycles. The number of fused-ring (bicyclic) bond motifs is 5. The number of nitrogens with zero attached hydrogens (tertiary/aromatic N) is 2.